The number of hydrogen-bond donors (Lipinski definition) is 2. The van der Waals surface area contributed by atoms with Crippen LogP contribution >= 0.6 is 15.9 Å². The second-order valence-corrected chi connectivity index (χ2v) is 17.5. The number of ether oxygens (including phenoxy) is 1. The van der Waals surface area contributed by atoms with E-state index in [4.69, 9.17) is 9.16 Å². The zero-order chi connectivity index (χ0) is 29.6. The van der Waals surface area contributed by atoms with E-state index in [1.165, 1.54) is 0 Å². The van der Waals surface area contributed by atoms with Gasteiger partial charge in [-0.25, -0.2) is 0 Å². The van der Waals surface area contributed by atoms with Crippen molar-refractivity contribution in [2.75, 3.05) is 0 Å². The van der Waals surface area contributed by atoms with Crippen LogP contribution in [-0.4, -0.2) is 36.7 Å². The lowest BCUT2D eigenvalue weighted by Crippen LogP contribution is -2.44. The van der Waals surface area contributed by atoms with Crippen molar-refractivity contribution in [1.29, 1.82) is 0 Å². The van der Waals surface area contributed by atoms with Crippen molar-refractivity contribution in [3.8, 4) is 0 Å². The van der Waals surface area contributed by atoms with Crippen LogP contribution in [0.1, 0.15) is 56.4 Å². The lowest BCUT2D eigenvalue weighted by atomic mass is 9.79. The molecule has 0 radical (unpaired) electrons. The van der Waals surface area contributed by atoms with Crippen LogP contribution in [0.15, 0.2) is 102 Å². The number of carbonyl (C=O) groups is 1. The first-order chi connectivity index (χ1) is 18.8. The molecule has 0 amide bonds. The van der Waals surface area contributed by atoms with E-state index in [-0.39, 0.29) is 17.9 Å². The molecule has 40 heavy (non-hydrogen) atoms. The van der Waals surface area contributed by atoms with Gasteiger partial charge in [0.25, 0.3) is 0 Å². The first-order valence-corrected chi connectivity index (χ1v) is 17.2. The van der Waals surface area contributed by atoms with Crippen LogP contribution < -0.4 is 0 Å². The van der Waals surface area contributed by atoms with Gasteiger partial charge in [0.15, 0.2) is 20.0 Å². The molecular formula is C33H41BrO5Si. The van der Waals surface area contributed by atoms with E-state index in [1.54, 1.807) is 0 Å². The summed E-state index contributed by atoms with van der Waals surface area (Å²) in [6.45, 7) is 14.7. The van der Waals surface area contributed by atoms with Crippen LogP contribution in [0.5, 0.6) is 0 Å². The smallest absolute Gasteiger partial charge is 0.309 e. The summed E-state index contributed by atoms with van der Waals surface area (Å²) >= 11 is 3.45. The molecule has 3 atom stereocenters. The molecule has 7 heteroatoms. The van der Waals surface area contributed by atoms with Crippen LogP contribution in [-0.2, 0) is 19.6 Å². The Morgan fingerprint density at radius 2 is 1.35 bits per heavy atom. The summed E-state index contributed by atoms with van der Waals surface area (Å²) in [5.74, 6) is -0.627. The van der Waals surface area contributed by atoms with Crippen molar-refractivity contribution in [3.63, 3.8) is 0 Å². The molecule has 0 aromatic heterocycles. The van der Waals surface area contributed by atoms with Crippen LogP contribution in [0.4, 0.5) is 0 Å². The Kier molecular flexibility index (Phi) is 10.7. The fourth-order valence-corrected chi connectivity index (χ4v) is 6.11. The topological polar surface area (TPSA) is 76.0 Å². The van der Waals surface area contributed by atoms with Crippen LogP contribution in [0.2, 0.25) is 18.1 Å². The molecule has 3 aromatic rings. The van der Waals surface area contributed by atoms with Crippen molar-refractivity contribution in [2.45, 2.75) is 75.7 Å². The monoisotopic (exact) mass is 624 g/mol. The summed E-state index contributed by atoms with van der Waals surface area (Å²) in [6, 6.07) is 27.6. The fraction of sp³-hybridized carbons (Fsp3) is 0.364. The molecule has 0 aliphatic rings. The highest BCUT2D eigenvalue weighted by molar-refractivity contribution is 9.11. The summed E-state index contributed by atoms with van der Waals surface area (Å²) in [5.41, 5.74) is 0.125. The molecule has 3 aromatic carbocycles. The summed E-state index contributed by atoms with van der Waals surface area (Å²) in [4.78, 5) is 13.4. The normalized spacial score (nSPS) is 14.7. The van der Waals surface area contributed by atoms with Gasteiger partial charge in [-0.3, -0.25) is 4.79 Å². The molecule has 0 spiro atoms. The summed E-state index contributed by atoms with van der Waals surface area (Å²) < 4.78 is 13.2. The minimum absolute atomic E-state index is 0.0280. The molecule has 0 aliphatic heterocycles. The van der Waals surface area contributed by atoms with Crippen LogP contribution in [0, 0.1) is 0 Å². The number of halogens is 1. The van der Waals surface area contributed by atoms with Crippen molar-refractivity contribution < 1.29 is 24.2 Å². The van der Waals surface area contributed by atoms with Gasteiger partial charge in [0.05, 0.1) is 18.6 Å². The van der Waals surface area contributed by atoms with E-state index in [2.05, 4.69) is 56.4 Å². The van der Waals surface area contributed by atoms with Gasteiger partial charge in [-0.05, 0) is 34.8 Å². The molecule has 3 rings (SSSR count). The van der Waals surface area contributed by atoms with Crippen molar-refractivity contribution >= 4 is 30.2 Å². The Morgan fingerprint density at radius 3 is 1.77 bits per heavy atom. The van der Waals surface area contributed by atoms with Crippen LogP contribution in [0.3, 0.4) is 0 Å². The molecule has 0 bridgehead atoms. The maximum absolute atomic E-state index is 13.4. The molecule has 2 N–H and O–H groups in total. The fourth-order valence-electron chi connectivity index (χ4n) is 4.35. The largest absolute Gasteiger partial charge is 0.454 e. The van der Waals surface area contributed by atoms with E-state index >= 15 is 0 Å². The SMILES string of the molecule is C=C(Br)[C@H](C[C@H](O)CC(=O)O[C@H](c1ccccc1)C(O)(c1ccccc1)c1ccccc1)O[Si](C)(C)C(C)(C)C. The van der Waals surface area contributed by atoms with Gasteiger partial charge in [0, 0.05) is 10.9 Å². The number of esters is 1. The van der Waals surface area contributed by atoms with Crippen molar-refractivity contribution in [1.82, 2.24) is 0 Å². The second-order valence-electron chi connectivity index (χ2n) is 11.7. The van der Waals surface area contributed by atoms with Gasteiger partial charge in [-0.2, -0.15) is 0 Å². The van der Waals surface area contributed by atoms with E-state index in [1.807, 2.05) is 91.0 Å². The minimum Gasteiger partial charge on any atom is -0.454 e. The molecule has 0 unspecified atom stereocenters. The number of aliphatic hydroxyl groups excluding tert-OH is 1. The van der Waals surface area contributed by atoms with Gasteiger partial charge in [-0.15, -0.1) is 0 Å². The first-order valence-electron chi connectivity index (χ1n) is 13.5. The van der Waals surface area contributed by atoms with Gasteiger partial charge >= 0.3 is 5.97 Å². The zero-order valence-electron chi connectivity index (χ0n) is 24.0. The number of rotatable bonds is 12. The lowest BCUT2D eigenvalue weighted by Gasteiger charge is -2.39. The van der Waals surface area contributed by atoms with Gasteiger partial charge in [0.1, 0.15) is 0 Å². The van der Waals surface area contributed by atoms with Gasteiger partial charge in [0.2, 0.25) is 0 Å². The maximum Gasteiger partial charge on any atom is 0.309 e. The Balaban J connectivity index is 1.89. The molecule has 214 valence electrons. The third kappa shape index (κ3) is 7.80. The Labute approximate surface area is 248 Å². The zero-order valence-corrected chi connectivity index (χ0v) is 26.6. The average molecular weight is 626 g/mol. The number of hydrogen-bond acceptors (Lipinski definition) is 5. The maximum atomic E-state index is 13.4. The number of aliphatic hydroxyl groups is 2. The standard InChI is InChI=1S/C33H41BrO5Si/c1-24(34)29(39-40(5,6)32(2,3)4)22-28(35)23-30(36)38-31(25-16-10-7-11-17-25)33(37,26-18-12-8-13-19-26)27-20-14-9-15-21-27/h7-21,28-29,31,35,37H,1,22-23H2,2-6H3/t28-,29-,31+/m0/s1. The average Bonchev–Trinajstić information content (AvgIpc) is 2.91. The molecule has 0 saturated heterocycles. The summed E-state index contributed by atoms with van der Waals surface area (Å²) in [5, 5.41) is 23.3. The Morgan fingerprint density at radius 1 is 0.900 bits per heavy atom. The molecule has 0 aliphatic carbocycles. The lowest BCUT2D eigenvalue weighted by molar-refractivity contribution is -0.165. The van der Waals surface area contributed by atoms with Crippen LogP contribution in [0.25, 0.3) is 0 Å². The predicted molar refractivity (Wildman–Crippen MR) is 167 cm³/mol. The highest BCUT2D eigenvalue weighted by Crippen LogP contribution is 2.44. The molecule has 0 saturated carbocycles. The van der Waals surface area contributed by atoms with E-state index in [0.29, 0.717) is 21.2 Å². The third-order valence-electron chi connectivity index (χ3n) is 7.64. The second kappa shape index (κ2) is 13.4. The van der Waals surface area contributed by atoms with E-state index in [0.717, 1.165) is 0 Å². The van der Waals surface area contributed by atoms with Gasteiger partial charge < -0.3 is 19.4 Å². The van der Waals surface area contributed by atoms with E-state index in [9.17, 15) is 15.0 Å². The molecular weight excluding hydrogens is 584 g/mol. The quantitative estimate of drug-likeness (QED) is 0.160. The summed E-state index contributed by atoms with van der Waals surface area (Å²) in [6.07, 6.45) is -2.64. The van der Waals surface area contributed by atoms with E-state index < -0.39 is 38.2 Å². The molecule has 5 nitrogen and oxygen atoms in total. The highest BCUT2D eigenvalue weighted by atomic mass is 79.9. The molecule has 0 heterocycles. The predicted octanol–water partition coefficient (Wildman–Crippen LogP) is 7.65. The first kappa shape index (κ1) is 32.0. The van der Waals surface area contributed by atoms with Gasteiger partial charge in [-0.1, -0.05) is 134 Å². The number of carbonyl (C=O) groups excluding carboxylic acids is 1. The molecule has 0 fully saturated rings. The van der Waals surface area contributed by atoms with Crippen molar-refractivity contribution in [3.05, 3.63) is 119 Å². The Bertz CT molecular complexity index is 1200. The third-order valence-corrected chi connectivity index (χ3v) is 12.6. The summed E-state index contributed by atoms with van der Waals surface area (Å²) in [7, 11) is -2.16. The number of benzene rings is 3. The minimum atomic E-state index is -2.16. The Hall–Kier alpha value is -2.55. The highest BCUT2D eigenvalue weighted by Gasteiger charge is 2.44. The van der Waals surface area contributed by atoms with Crippen molar-refractivity contribution in [2.24, 2.45) is 0 Å².